The molecule has 0 aromatic heterocycles. The van der Waals surface area contributed by atoms with E-state index < -0.39 is 6.04 Å². The SMILES string of the molecule is O=C(NC1CC(c2ccc(F)cc2)C1)N[C@H]1CCOC1=O. The molecule has 3 rings (SSSR count). The fraction of sp³-hybridized carbons (Fsp3) is 0.467. The lowest BCUT2D eigenvalue weighted by Crippen LogP contribution is -2.51. The second kappa shape index (κ2) is 5.71. The van der Waals surface area contributed by atoms with Crippen LogP contribution in [0.5, 0.6) is 0 Å². The topological polar surface area (TPSA) is 67.4 Å². The lowest BCUT2D eigenvalue weighted by Gasteiger charge is -2.36. The van der Waals surface area contributed by atoms with E-state index >= 15 is 0 Å². The van der Waals surface area contributed by atoms with E-state index in [9.17, 15) is 14.0 Å². The van der Waals surface area contributed by atoms with Crippen LogP contribution >= 0.6 is 0 Å². The summed E-state index contributed by atoms with van der Waals surface area (Å²) < 4.78 is 17.6. The number of hydrogen-bond acceptors (Lipinski definition) is 3. The molecule has 1 saturated heterocycles. The average Bonchev–Trinajstić information content (AvgIpc) is 2.80. The van der Waals surface area contributed by atoms with Crippen molar-refractivity contribution in [3.8, 4) is 0 Å². The summed E-state index contributed by atoms with van der Waals surface area (Å²) in [5, 5.41) is 5.46. The first-order chi connectivity index (χ1) is 10.1. The van der Waals surface area contributed by atoms with Crippen LogP contribution in [0.4, 0.5) is 9.18 Å². The molecule has 1 aliphatic heterocycles. The van der Waals surface area contributed by atoms with Crippen molar-refractivity contribution in [1.82, 2.24) is 10.6 Å². The molecule has 2 fully saturated rings. The Bertz CT molecular complexity index is 540. The third-order valence-corrected chi connectivity index (χ3v) is 4.06. The summed E-state index contributed by atoms with van der Waals surface area (Å²) in [5.74, 6) is -0.258. The number of carbonyl (C=O) groups is 2. The van der Waals surface area contributed by atoms with Gasteiger partial charge in [-0.3, -0.25) is 0 Å². The van der Waals surface area contributed by atoms with Crippen LogP contribution in [0.15, 0.2) is 24.3 Å². The number of amides is 2. The van der Waals surface area contributed by atoms with Crippen LogP contribution in [0.1, 0.15) is 30.7 Å². The molecule has 0 radical (unpaired) electrons. The predicted octanol–water partition coefficient (Wildman–Crippen LogP) is 1.69. The van der Waals surface area contributed by atoms with Gasteiger partial charge >= 0.3 is 12.0 Å². The van der Waals surface area contributed by atoms with E-state index in [2.05, 4.69) is 10.6 Å². The first-order valence-corrected chi connectivity index (χ1v) is 7.11. The molecule has 2 N–H and O–H groups in total. The van der Waals surface area contributed by atoms with Gasteiger partial charge in [-0.2, -0.15) is 0 Å². The zero-order valence-electron chi connectivity index (χ0n) is 11.5. The largest absolute Gasteiger partial charge is 0.464 e. The van der Waals surface area contributed by atoms with Crippen LogP contribution in [0.25, 0.3) is 0 Å². The summed E-state index contributed by atoms with van der Waals surface area (Å²) in [5.41, 5.74) is 1.09. The number of urea groups is 1. The molecule has 0 spiro atoms. The lowest BCUT2D eigenvalue weighted by atomic mass is 9.76. The highest BCUT2D eigenvalue weighted by molar-refractivity contribution is 5.84. The van der Waals surface area contributed by atoms with Crippen molar-refractivity contribution in [1.29, 1.82) is 0 Å². The quantitative estimate of drug-likeness (QED) is 0.833. The summed E-state index contributed by atoms with van der Waals surface area (Å²) in [7, 11) is 0. The summed E-state index contributed by atoms with van der Waals surface area (Å²) in [6.07, 6.45) is 2.18. The number of carbonyl (C=O) groups excluding carboxylic acids is 2. The molecule has 2 amide bonds. The van der Waals surface area contributed by atoms with Gasteiger partial charge in [0.2, 0.25) is 0 Å². The maximum Gasteiger partial charge on any atom is 0.328 e. The Kier molecular flexibility index (Phi) is 3.77. The number of nitrogens with one attached hydrogen (secondary N) is 2. The van der Waals surface area contributed by atoms with Gasteiger partial charge in [0.1, 0.15) is 11.9 Å². The zero-order valence-corrected chi connectivity index (χ0v) is 11.5. The van der Waals surface area contributed by atoms with E-state index in [0.29, 0.717) is 18.9 Å². The van der Waals surface area contributed by atoms with E-state index in [1.54, 1.807) is 12.1 Å². The molecular weight excluding hydrogens is 275 g/mol. The fourth-order valence-electron chi connectivity index (χ4n) is 2.76. The van der Waals surface area contributed by atoms with Gasteiger partial charge in [-0.15, -0.1) is 0 Å². The van der Waals surface area contributed by atoms with Gasteiger partial charge in [-0.1, -0.05) is 12.1 Å². The van der Waals surface area contributed by atoms with Crippen LogP contribution in [0.3, 0.4) is 0 Å². The molecule has 6 heteroatoms. The Balaban J connectivity index is 1.43. The van der Waals surface area contributed by atoms with Crippen molar-refractivity contribution in [2.45, 2.75) is 37.3 Å². The van der Waals surface area contributed by atoms with Crippen molar-refractivity contribution >= 4 is 12.0 Å². The van der Waals surface area contributed by atoms with Crippen LogP contribution in [-0.2, 0) is 9.53 Å². The Morgan fingerprint density at radius 2 is 1.90 bits per heavy atom. The first kappa shape index (κ1) is 13.9. The van der Waals surface area contributed by atoms with E-state index in [4.69, 9.17) is 4.74 Å². The standard InChI is InChI=1S/C15H17FN2O3/c16-11-3-1-9(2-4-11)10-7-12(8-10)17-15(20)18-13-5-6-21-14(13)19/h1-4,10,12-13H,5-8H2,(H2,17,18,20)/t10?,12?,13-/m0/s1. The first-order valence-electron chi connectivity index (χ1n) is 7.11. The summed E-state index contributed by atoms with van der Waals surface area (Å²) in [6, 6.07) is 5.70. The summed E-state index contributed by atoms with van der Waals surface area (Å²) in [6.45, 7) is 0.361. The lowest BCUT2D eigenvalue weighted by molar-refractivity contribution is -0.139. The Morgan fingerprint density at radius 1 is 1.19 bits per heavy atom. The highest BCUT2D eigenvalue weighted by Crippen LogP contribution is 2.36. The normalized spacial score (nSPS) is 27.7. The highest BCUT2D eigenvalue weighted by atomic mass is 19.1. The molecule has 1 atom stereocenters. The van der Waals surface area contributed by atoms with E-state index in [1.165, 1.54) is 12.1 Å². The highest BCUT2D eigenvalue weighted by Gasteiger charge is 2.33. The van der Waals surface area contributed by atoms with Crippen LogP contribution < -0.4 is 10.6 Å². The maximum absolute atomic E-state index is 12.8. The minimum absolute atomic E-state index is 0.0949. The molecule has 1 saturated carbocycles. The van der Waals surface area contributed by atoms with Gasteiger partial charge in [0.15, 0.2) is 0 Å². The van der Waals surface area contributed by atoms with Crippen LogP contribution in [-0.4, -0.2) is 30.7 Å². The zero-order chi connectivity index (χ0) is 14.8. The number of benzene rings is 1. The molecule has 5 nitrogen and oxygen atoms in total. The minimum Gasteiger partial charge on any atom is -0.464 e. The van der Waals surface area contributed by atoms with E-state index in [-0.39, 0.29) is 23.9 Å². The minimum atomic E-state index is -0.530. The molecule has 0 unspecified atom stereocenters. The van der Waals surface area contributed by atoms with Gasteiger partial charge in [0.25, 0.3) is 0 Å². The van der Waals surface area contributed by atoms with Crippen molar-refractivity contribution in [3.05, 3.63) is 35.6 Å². The van der Waals surface area contributed by atoms with Crippen molar-refractivity contribution in [2.24, 2.45) is 0 Å². The molecule has 1 aromatic rings. The second-order valence-corrected chi connectivity index (χ2v) is 5.54. The third-order valence-electron chi connectivity index (χ3n) is 4.06. The maximum atomic E-state index is 12.8. The van der Waals surface area contributed by atoms with Gasteiger partial charge in [-0.25, -0.2) is 14.0 Å². The van der Waals surface area contributed by atoms with Crippen molar-refractivity contribution in [2.75, 3.05) is 6.61 Å². The molecular formula is C15H17FN2O3. The van der Waals surface area contributed by atoms with Crippen molar-refractivity contribution in [3.63, 3.8) is 0 Å². The van der Waals surface area contributed by atoms with Crippen LogP contribution in [0.2, 0.25) is 0 Å². The van der Waals surface area contributed by atoms with Crippen molar-refractivity contribution < 1.29 is 18.7 Å². The molecule has 1 heterocycles. The average molecular weight is 292 g/mol. The Labute approximate surface area is 121 Å². The van der Waals surface area contributed by atoms with E-state index in [0.717, 1.165) is 18.4 Å². The number of rotatable bonds is 3. The molecule has 2 aliphatic rings. The molecule has 112 valence electrons. The van der Waals surface area contributed by atoms with Gasteiger partial charge in [0.05, 0.1) is 6.61 Å². The fourth-order valence-corrected chi connectivity index (χ4v) is 2.76. The predicted molar refractivity (Wildman–Crippen MR) is 73.2 cm³/mol. The number of ether oxygens (including phenoxy) is 1. The molecule has 0 bridgehead atoms. The summed E-state index contributed by atoms with van der Waals surface area (Å²) in [4.78, 5) is 23.0. The third kappa shape index (κ3) is 3.15. The number of hydrogen-bond donors (Lipinski definition) is 2. The molecule has 21 heavy (non-hydrogen) atoms. The summed E-state index contributed by atoms with van der Waals surface area (Å²) >= 11 is 0. The van der Waals surface area contributed by atoms with Gasteiger partial charge < -0.3 is 15.4 Å². The number of esters is 1. The number of cyclic esters (lactones) is 1. The monoisotopic (exact) mass is 292 g/mol. The van der Waals surface area contributed by atoms with Gasteiger partial charge in [0, 0.05) is 12.5 Å². The Hall–Kier alpha value is -2.11. The smallest absolute Gasteiger partial charge is 0.328 e. The van der Waals surface area contributed by atoms with Gasteiger partial charge in [-0.05, 0) is 36.5 Å². The van der Waals surface area contributed by atoms with Crippen LogP contribution in [0, 0.1) is 5.82 Å². The Morgan fingerprint density at radius 3 is 2.52 bits per heavy atom. The number of halogens is 1. The van der Waals surface area contributed by atoms with E-state index in [1.807, 2.05) is 0 Å². The molecule has 1 aromatic carbocycles. The second-order valence-electron chi connectivity index (χ2n) is 5.54. The molecule has 1 aliphatic carbocycles.